The van der Waals surface area contributed by atoms with Gasteiger partial charge in [0.25, 0.3) is 0 Å². The van der Waals surface area contributed by atoms with Crippen molar-refractivity contribution in [3.63, 3.8) is 0 Å². The summed E-state index contributed by atoms with van der Waals surface area (Å²) in [6.07, 6.45) is 3.72. The molecule has 1 aromatic rings. The molecule has 5 nitrogen and oxygen atoms in total. The summed E-state index contributed by atoms with van der Waals surface area (Å²) in [6, 6.07) is 5.33. The van der Waals surface area contributed by atoms with E-state index < -0.39 is 0 Å². The van der Waals surface area contributed by atoms with Gasteiger partial charge in [-0.3, -0.25) is 9.59 Å². The number of hydrogen-bond donors (Lipinski definition) is 1. The Morgan fingerprint density at radius 2 is 2.12 bits per heavy atom. The van der Waals surface area contributed by atoms with Gasteiger partial charge in [-0.15, -0.1) is 0 Å². The molecule has 1 aromatic carbocycles. The zero-order valence-electron chi connectivity index (χ0n) is 15.8. The summed E-state index contributed by atoms with van der Waals surface area (Å²) in [4.78, 5) is 26.7. The van der Waals surface area contributed by atoms with Crippen molar-refractivity contribution in [3.05, 3.63) is 23.8 Å². The van der Waals surface area contributed by atoms with E-state index in [2.05, 4.69) is 12.2 Å². The van der Waals surface area contributed by atoms with E-state index in [1.54, 1.807) is 4.90 Å². The van der Waals surface area contributed by atoms with Crippen LogP contribution in [0.1, 0.15) is 52.0 Å². The lowest BCUT2D eigenvalue weighted by Gasteiger charge is -2.26. The molecule has 1 aliphatic rings. The van der Waals surface area contributed by atoms with Crippen LogP contribution in [0.4, 0.5) is 5.69 Å². The lowest BCUT2D eigenvalue weighted by atomic mass is 10.1. The first-order valence-corrected chi connectivity index (χ1v) is 9.28. The van der Waals surface area contributed by atoms with Crippen molar-refractivity contribution in [2.24, 2.45) is 5.92 Å². The highest BCUT2D eigenvalue weighted by Gasteiger charge is 2.34. The number of hydrogen-bond acceptors (Lipinski definition) is 3. The second-order valence-electron chi connectivity index (χ2n) is 7.01. The molecule has 0 bridgehead atoms. The van der Waals surface area contributed by atoms with Crippen LogP contribution in [0, 0.1) is 12.8 Å². The van der Waals surface area contributed by atoms with Crippen LogP contribution in [0.15, 0.2) is 18.2 Å². The third kappa shape index (κ3) is 4.97. The van der Waals surface area contributed by atoms with Gasteiger partial charge in [0.2, 0.25) is 11.8 Å². The van der Waals surface area contributed by atoms with Crippen molar-refractivity contribution >= 4 is 17.5 Å². The molecule has 1 atom stereocenters. The van der Waals surface area contributed by atoms with Crippen LogP contribution >= 0.6 is 0 Å². The SMILES string of the molecule is CCCCOc1ccc(NC(=O)C2CCCN2C(=O)C(C)C)c(C)c1. The Morgan fingerprint density at radius 3 is 2.76 bits per heavy atom. The maximum atomic E-state index is 12.7. The first kappa shape index (κ1) is 19.3. The summed E-state index contributed by atoms with van der Waals surface area (Å²) in [5, 5.41) is 2.98. The number of nitrogens with zero attached hydrogens (tertiary/aromatic N) is 1. The normalized spacial score (nSPS) is 17.0. The van der Waals surface area contributed by atoms with Crippen LogP contribution in [-0.4, -0.2) is 35.9 Å². The largest absolute Gasteiger partial charge is 0.494 e. The molecule has 138 valence electrons. The quantitative estimate of drug-likeness (QED) is 0.765. The first-order chi connectivity index (χ1) is 11.9. The van der Waals surface area contributed by atoms with E-state index >= 15 is 0 Å². The third-order valence-corrected chi connectivity index (χ3v) is 4.55. The second kappa shape index (κ2) is 8.88. The minimum Gasteiger partial charge on any atom is -0.494 e. The van der Waals surface area contributed by atoms with Gasteiger partial charge in [0.15, 0.2) is 0 Å². The smallest absolute Gasteiger partial charge is 0.247 e. The minimum atomic E-state index is -0.366. The van der Waals surface area contributed by atoms with Gasteiger partial charge in [-0.1, -0.05) is 27.2 Å². The lowest BCUT2D eigenvalue weighted by Crippen LogP contribution is -2.44. The van der Waals surface area contributed by atoms with Crippen molar-refractivity contribution < 1.29 is 14.3 Å². The van der Waals surface area contributed by atoms with Gasteiger partial charge >= 0.3 is 0 Å². The summed E-state index contributed by atoms with van der Waals surface area (Å²) < 4.78 is 5.70. The Morgan fingerprint density at radius 1 is 1.36 bits per heavy atom. The fraction of sp³-hybridized carbons (Fsp3) is 0.600. The third-order valence-electron chi connectivity index (χ3n) is 4.55. The topological polar surface area (TPSA) is 58.6 Å². The van der Waals surface area contributed by atoms with E-state index in [1.807, 2.05) is 39.0 Å². The molecule has 0 aromatic heterocycles. The Labute approximate surface area is 150 Å². The van der Waals surface area contributed by atoms with Crippen molar-refractivity contribution in [3.8, 4) is 5.75 Å². The van der Waals surface area contributed by atoms with E-state index in [-0.39, 0.29) is 23.8 Å². The van der Waals surface area contributed by atoms with Crippen molar-refractivity contribution in [2.75, 3.05) is 18.5 Å². The number of carbonyl (C=O) groups excluding carboxylic acids is 2. The molecule has 1 aliphatic heterocycles. The molecule has 2 rings (SSSR count). The summed E-state index contributed by atoms with van der Waals surface area (Å²) in [5.41, 5.74) is 1.73. The fourth-order valence-corrected chi connectivity index (χ4v) is 3.05. The number of nitrogens with one attached hydrogen (secondary N) is 1. The number of carbonyl (C=O) groups is 2. The average Bonchev–Trinajstić information content (AvgIpc) is 3.06. The number of rotatable bonds is 7. The molecule has 1 fully saturated rings. The molecular formula is C20H30N2O3. The van der Waals surface area contributed by atoms with Crippen LogP contribution in [-0.2, 0) is 9.59 Å². The van der Waals surface area contributed by atoms with Crippen molar-refractivity contribution in [2.45, 2.75) is 59.4 Å². The predicted octanol–water partition coefficient (Wildman–Crippen LogP) is 3.76. The van der Waals surface area contributed by atoms with Crippen LogP contribution in [0.5, 0.6) is 5.75 Å². The van der Waals surface area contributed by atoms with Crippen LogP contribution in [0.3, 0.4) is 0 Å². The molecule has 1 saturated heterocycles. The van der Waals surface area contributed by atoms with E-state index in [0.29, 0.717) is 13.2 Å². The van der Waals surface area contributed by atoms with Crippen LogP contribution in [0.25, 0.3) is 0 Å². The molecule has 2 amide bonds. The number of likely N-dealkylation sites (tertiary alicyclic amines) is 1. The predicted molar refractivity (Wildman–Crippen MR) is 99.8 cm³/mol. The Hall–Kier alpha value is -2.04. The molecule has 1 N–H and O–H groups in total. The number of anilines is 1. The maximum absolute atomic E-state index is 12.7. The van der Waals surface area contributed by atoms with Gasteiger partial charge in [0.05, 0.1) is 6.61 Å². The Kier molecular flexibility index (Phi) is 6.85. The molecule has 0 aliphatic carbocycles. The number of unbranched alkanes of at least 4 members (excludes halogenated alkanes) is 1. The second-order valence-corrected chi connectivity index (χ2v) is 7.01. The van der Waals surface area contributed by atoms with Gasteiger partial charge < -0.3 is 15.0 Å². The first-order valence-electron chi connectivity index (χ1n) is 9.28. The average molecular weight is 346 g/mol. The van der Waals surface area contributed by atoms with Crippen LogP contribution < -0.4 is 10.1 Å². The molecule has 1 heterocycles. The van der Waals surface area contributed by atoms with Crippen molar-refractivity contribution in [1.82, 2.24) is 4.90 Å². The molecular weight excluding hydrogens is 316 g/mol. The highest BCUT2D eigenvalue weighted by Crippen LogP contribution is 2.25. The van der Waals surface area contributed by atoms with Gasteiger partial charge in [0.1, 0.15) is 11.8 Å². The van der Waals surface area contributed by atoms with Crippen molar-refractivity contribution in [1.29, 1.82) is 0 Å². The molecule has 0 radical (unpaired) electrons. The zero-order chi connectivity index (χ0) is 18.4. The van der Waals surface area contributed by atoms with E-state index in [9.17, 15) is 9.59 Å². The summed E-state index contributed by atoms with van der Waals surface area (Å²) in [7, 11) is 0. The Bertz CT molecular complexity index is 613. The number of benzene rings is 1. The maximum Gasteiger partial charge on any atom is 0.247 e. The van der Waals surface area contributed by atoms with E-state index in [0.717, 1.165) is 42.7 Å². The van der Waals surface area contributed by atoms with Gasteiger partial charge in [0, 0.05) is 18.2 Å². The standard InChI is InChI=1S/C20H30N2O3/c1-5-6-12-25-16-9-10-17(15(4)13-16)21-19(23)18-8-7-11-22(18)20(24)14(2)3/h9-10,13-14,18H,5-8,11-12H2,1-4H3,(H,21,23). The monoisotopic (exact) mass is 346 g/mol. The highest BCUT2D eigenvalue weighted by molar-refractivity contribution is 5.98. The molecule has 0 saturated carbocycles. The Balaban J connectivity index is 2.01. The number of amides is 2. The number of ether oxygens (including phenoxy) is 1. The van der Waals surface area contributed by atoms with Crippen LogP contribution in [0.2, 0.25) is 0 Å². The highest BCUT2D eigenvalue weighted by atomic mass is 16.5. The van der Waals surface area contributed by atoms with Gasteiger partial charge in [-0.2, -0.15) is 0 Å². The molecule has 1 unspecified atom stereocenters. The molecule has 5 heteroatoms. The summed E-state index contributed by atoms with van der Waals surface area (Å²) in [5.74, 6) is 0.680. The summed E-state index contributed by atoms with van der Waals surface area (Å²) >= 11 is 0. The molecule has 0 spiro atoms. The summed E-state index contributed by atoms with van der Waals surface area (Å²) in [6.45, 7) is 9.19. The minimum absolute atomic E-state index is 0.0500. The van der Waals surface area contributed by atoms with E-state index in [4.69, 9.17) is 4.74 Å². The van der Waals surface area contributed by atoms with Gasteiger partial charge in [-0.25, -0.2) is 0 Å². The zero-order valence-corrected chi connectivity index (χ0v) is 15.8. The van der Waals surface area contributed by atoms with E-state index in [1.165, 1.54) is 0 Å². The lowest BCUT2D eigenvalue weighted by molar-refractivity contribution is -0.139. The number of aryl methyl sites for hydroxylation is 1. The molecule has 25 heavy (non-hydrogen) atoms. The van der Waals surface area contributed by atoms with Gasteiger partial charge in [-0.05, 0) is 49.9 Å². The fourth-order valence-electron chi connectivity index (χ4n) is 3.05.